The maximum absolute atomic E-state index is 12.4. The highest BCUT2D eigenvalue weighted by Crippen LogP contribution is 2.33. The monoisotopic (exact) mass is 308 g/mol. The number of rotatable bonds is 2. The van der Waals surface area contributed by atoms with Crippen molar-refractivity contribution >= 4 is 21.6 Å². The largest absolute Gasteiger partial charge is 0.471 e. The number of alkyl halides is 3. The molecule has 0 fully saturated rings. The van der Waals surface area contributed by atoms with Crippen LogP contribution >= 0.6 is 0 Å². The molecule has 0 radical (unpaired) electrons. The highest BCUT2D eigenvalue weighted by atomic mass is 32.2. The van der Waals surface area contributed by atoms with Crippen molar-refractivity contribution in [1.82, 2.24) is 4.72 Å². The fraction of sp³-hybridized carbons (Fsp3) is 0.364. The number of halogens is 3. The van der Waals surface area contributed by atoms with Crippen LogP contribution in [0, 0.1) is 0 Å². The minimum atomic E-state index is -4.95. The molecular weight excluding hydrogens is 297 g/mol. The molecule has 5 nitrogen and oxygen atoms in total. The minimum absolute atomic E-state index is 0.0416. The van der Waals surface area contributed by atoms with Gasteiger partial charge in [0.25, 0.3) is 0 Å². The van der Waals surface area contributed by atoms with Gasteiger partial charge in [-0.25, -0.2) is 13.1 Å². The Labute approximate surface area is 113 Å². The summed E-state index contributed by atoms with van der Waals surface area (Å²) in [6, 6.07) is 3.67. The van der Waals surface area contributed by atoms with E-state index in [1.54, 1.807) is 0 Å². The molecule has 1 aliphatic rings. The van der Waals surface area contributed by atoms with E-state index in [0.29, 0.717) is 10.5 Å². The quantitative estimate of drug-likeness (QED) is 0.888. The van der Waals surface area contributed by atoms with Gasteiger partial charge in [0.15, 0.2) is 0 Å². The van der Waals surface area contributed by atoms with Crippen molar-refractivity contribution < 1.29 is 26.4 Å². The Morgan fingerprint density at radius 2 is 2.00 bits per heavy atom. The molecule has 1 N–H and O–H groups in total. The lowest BCUT2D eigenvalue weighted by Gasteiger charge is -2.18. The first-order valence-electron chi connectivity index (χ1n) is 5.62. The molecule has 110 valence electrons. The number of fused-ring (bicyclic) bond motifs is 1. The number of hydrogen-bond donors (Lipinski definition) is 1. The molecule has 1 aromatic carbocycles. The van der Waals surface area contributed by atoms with Gasteiger partial charge in [-0.15, -0.1) is 0 Å². The molecule has 0 aromatic heterocycles. The SMILES string of the molecule is CNS(=O)(=O)c1ccc2c(c1)CCN2C(=O)C(F)(F)F. The van der Waals surface area contributed by atoms with Crippen LogP contribution in [0.4, 0.5) is 18.9 Å². The lowest BCUT2D eigenvalue weighted by atomic mass is 10.2. The summed E-state index contributed by atoms with van der Waals surface area (Å²) in [5.74, 6) is -1.94. The number of carbonyl (C=O) groups excluding carboxylic acids is 1. The van der Waals surface area contributed by atoms with E-state index in [1.165, 1.54) is 25.2 Å². The summed E-state index contributed by atoms with van der Waals surface area (Å²) in [5, 5.41) is 0. The van der Waals surface area contributed by atoms with Gasteiger partial charge in [0, 0.05) is 12.2 Å². The number of carbonyl (C=O) groups is 1. The van der Waals surface area contributed by atoms with Crippen molar-refractivity contribution in [1.29, 1.82) is 0 Å². The van der Waals surface area contributed by atoms with Crippen LogP contribution in [0.1, 0.15) is 5.56 Å². The summed E-state index contributed by atoms with van der Waals surface area (Å²) >= 11 is 0. The van der Waals surface area contributed by atoms with E-state index in [1.807, 2.05) is 0 Å². The van der Waals surface area contributed by atoms with E-state index < -0.39 is 22.1 Å². The summed E-state index contributed by atoms with van der Waals surface area (Å²) in [5.41, 5.74) is 0.501. The number of amides is 1. The Balaban J connectivity index is 2.39. The summed E-state index contributed by atoms with van der Waals surface area (Å²) in [7, 11) is -2.42. The second-order valence-electron chi connectivity index (χ2n) is 4.20. The van der Waals surface area contributed by atoms with Crippen LogP contribution in [0.3, 0.4) is 0 Å². The van der Waals surface area contributed by atoms with Crippen molar-refractivity contribution in [3.63, 3.8) is 0 Å². The van der Waals surface area contributed by atoms with Gasteiger partial charge in [0.05, 0.1) is 4.90 Å². The molecule has 0 atom stereocenters. The Bertz CT molecular complexity index is 655. The molecule has 0 aliphatic carbocycles. The van der Waals surface area contributed by atoms with Crippen LogP contribution in [-0.4, -0.2) is 34.1 Å². The van der Waals surface area contributed by atoms with Gasteiger partial charge < -0.3 is 4.90 Å². The highest BCUT2D eigenvalue weighted by Gasteiger charge is 2.44. The molecular formula is C11H11F3N2O3S. The summed E-state index contributed by atoms with van der Waals surface area (Å²) < 4.78 is 62.6. The molecule has 1 heterocycles. The molecule has 9 heteroatoms. The van der Waals surface area contributed by atoms with Crippen molar-refractivity contribution in [2.24, 2.45) is 0 Å². The van der Waals surface area contributed by atoms with Gasteiger partial charge in [-0.1, -0.05) is 0 Å². The fourth-order valence-corrected chi connectivity index (χ4v) is 2.81. The first kappa shape index (κ1) is 14.8. The van der Waals surface area contributed by atoms with Crippen molar-refractivity contribution in [2.45, 2.75) is 17.5 Å². The molecule has 0 saturated heterocycles. The van der Waals surface area contributed by atoms with E-state index in [9.17, 15) is 26.4 Å². The normalized spacial score (nSPS) is 15.3. The standard InChI is InChI=1S/C11H11F3N2O3S/c1-15-20(18,19)8-2-3-9-7(6-8)4-5-16(9)10(17)11(12,13)14/h2-3,6,15H,4-5H2,1H3. The number of nitrogens with zero attached hydrogens (tertiary/aromatic N) is 1. The molecule has 0 bridgehead atoms. The number of sulfonamides is 1. The lowest BCUT2D eigenvalue weighted by molar-refractivity contribution is -0.170. The maximum atomic E-state index is 12.4. The third-order valence-electron chi connectivity index (χ3n) is 3.01. The smallest absolute Gasteiger partial charge is 0.304 e. The van der Waals surface area contributed by atoms with E-state index in [-0.39, 0.29) is 23.5 Å². The van der Waals surface area contributed by atoms with E-state index >= 15 is 0 Å². The fourth-order valence-electron chi connectivity index (χ4n) is 2.03. The van der Waals surface area contributed by atoms with Crippen LogP contribution in [-0.2, 0) is 21.2 Å². The third kappa shape index (κ3) is 2.50. The summed E-state index contributed by atoms with van der Waals surface area (Å²) in [6.07, 6.45) is -4.76. The van der Waals surface area contributed by atoms with Crippen molar-refractivity contribution in [3.05, 3.63) is 23.8 Å². The van der Waals surface area contributed by atoms with E-state index in [4.69, 9.17) is 0 Å². The van der Waals surface area contributed by atoms with E-state index in [0.717, 1.165) is 0 Å². The summed E-state index contributed by atoms with van der Waals surface area (Å²) in [6.45, 7) is -0.114. The Hall–Kier alpha value is -1.61. The Morgan fingerprint density at radius 1 is 1.35 bits per heavy atom. The van der Waals surface area contributed by atoms with Gasteiger partial charge in [-0.2, -0.15) is 13.2 Å². The molecule has 0 spiro atoms. The average Bonchev–Trinajstić information content (AvgIpc) is 2.79. The van der Waals surface area contributed by atoms with Crippen LogP contribution < -0.4 is 9.62 Å². The topological polar surface area (TPSA) is 66.5 Å². The molecule has 0 saturated carbocycles. The molecule has 1 aromatic rings. The molecule has 20 heavy (non-hydrogen) atoms. The Morgan fingerprint density at radius 3 is 2.55 bits per heavy atom. The van der Waals surface area contributed by atoms with Crippen LogP contribution in [0.2, 0.25) is 0 Å². The molecule has 1 aliphatic heterocycles. The number of nitrogens with one attached hydrogen (secondary N) is 1. The average molecular weight is 308 g/mol. The minimum Gasteiger partial charge on any atom is -0.304 e. The second kappa shape index (κ2) is 4.74. The highest BCUT2D eigenvalue weighted by molar-refractivity contribution is 7.89. The van der Waals surface area contributed by atoms with Crippen LogP contribution in [0.25, 0.3) is 0 Å². The van der Waals surface area contributed by atoms with Gasteiger partial charge in [-0.05, 0) is 37.2 Å². The number of anilines is 1. The van der Waals surface area contributed by atoms with Crippen LogP contribution in [0.15, 0.2) is 23.1 Å². The zero-order chi connectivity index (χ0) is 15.1. The Kier molecular flexibility index (Phi) is 3.51. The third-order valence-corrected chi connectivity index (χ3v) is 4.43. The first-order valence-corrected chi connectivity index (χ1v) is 7.10. The van der Waals surface area contributed by atoms with Gasteiger partial charge in [0.2, 0.25) is 10.0 Å². The summed E-state index contributed by atoms with van der Waals surface area (Å²) in [4.78, 5) is 11.8. The number of hydrogen-bond acceptors (Lipinski definition) is 3. The first-order chi connectivity index (χ1) is 9.16. The van der Waals surface area contributed by atoms with Gasteiger partial charge >= 0.3 is 12.1 Å². The van der Waals surface area contributed by atoms with Crippen molar-refractivity contribution in [2.75, 3.05) is 18.5 Å². The van der Waals surface area contributed by atoms with Gasteiger partial charge in [0.1, 0.15) is 0 Å². The zero-order valence-corrected chi connectivity index (χ0v) is 11.2. The zero-order valence-electron chi connectivity index (χ0n) is 10.4. The van der Waals surface area contributed by atoms with Crippen molar-refractivity contribution in [3.8, 4) is 0 Å². The van der Waals surface area contributed by atoms with Gasteiger partial charge in [-0.3, -0.25) is 4.79 Å². The molecule has 0 unspecified atom stereocenters. The van der Waals surface area contributed by atoms with Crippen LogP contribution in [0.5, 0.6) is 0 Å². The predicted molar refractivity (Wildman–Crippen MR) is 64.8 cm³/mol. The predicted octanol–water partition coefficient (Wildman–Crippen LogP) is 1.05. The maximum Gasteiger partial charge on any atom is 0.471 e. The lowest BCUT2D eigenvalue weighted by Crippen LogP contribution is -2.40. The second-order valence-corrected chi connectivity index (χ2v) is 6.09. The van der Waals surface area contributed by atoms with E-state index in [2.05, 4.69) is 4.72 Å². The number of benzene rings is 1. The molecule has 2 rings (SSSR count). The molecule has 1 amide bonds.